The number of aryl methyl sites for hydroxylation is 1. The summed E-state index contributed by atoms with van der Waals surface area (Å²) >= 11 is 6.04. The molecule has 2 aliphatic rings. The van der Waals surface area contributed by atoms with Crippen LogP contribution >= 0.6 is 11.6 Å². The average molecular weight is 408 g/mol. The van der Waals surface area contributed by atoms with Gasteiger partial charge in [0.15, 0.2) is 0 Å². The quantitative estimate of drug-likeness (QED) is 0.692. The Morgan fingerprint density at radius 3 is 2.79 bits per heavy atom. The first-order valence-corrected chi connectivity index (χ1v) is 10.5. The van der Waals surface area contributed by atoms with E-state index in [2.05, 4.69) is 34.2 Å². The molecule has 2 heterocycles. The Labute approximate surface area is 177 Å². The highest BCUT2D eigenvalue weighted by molar-refractivity contribution is 6.31. The molecule has 2 N–H and O–H groups in total. The first-order chi connectivity index (χ1) is 14.1. The van der Waals surface area contributed by atoms with E-state index in [1.165, 1.54) is 5.57 Å². The zero-order chi connectivity index (χ0) is 20.2. The van der Waals surface area contributed by atoms with Gasteiger partial charge in [0.25, 0.3) is 0 Å². The fourth-order valence-corrected chi connectivity index (χ4v) is 4.04. The largest absolute Gasteiger partial charge is 0.439 e. The van der Waals surface area contributed by atoms with Crippen molar-refractivity contribution in [1.29, 1.82) is 0 Å². The summed E-state index contributed by atoms with van der Waals surface area (Å²) in [6, 6.07) is 12.3. The molecule has 1 fully saturated rings. The summed E-state index contributed by atoms with van der Waals surface area (Å²) in [7, 11) is 0. The predicted molar refractivity (Wildman–Crippen MR) is 119 cm³/mol. The molecular formula is C24H26ClN3O. The lowest BCUT2D eigenvalue weighted by molar-refractivity contribution is 0.230. The van der Waals surface area contributed by atoms with Crippen molar-refractivity contribution in [2.75, 3.05) is 6.54 Å². The van der Waals surface area contributed by atoms with E-state index in [0.717, 1.165) is 55.1 Å². The lowest BCUT2D eigenvalue weighted by Gasteiger charge is -2.37. The second-order valence-corrected chi connectivity index (χ2v) is 8.00. The Hall–Kier alpha value is -2.72. The minimum atomic E-state index is 0.530. The number of hydrogen-bond donors (Lipinski definition) is 1. The summed E-state index contributed by atoms with van der Waals surface area (Å²) in [4.78, 5) is 6.70. The molecular weight excluding hydrogens is 382 g/mol. The van der Waals surface area contributed by atoms with Crippen LogP contribution in [0.5, 0.6) is 11.6 Å². The third-order valence-corrected chi connectivity index (χ3v) is 5.92. The zero-order valence-electron chi connectivity index (χ0n) is 16.6. The minimum Gasteiger partial charge on any atom is -0.439 e. The maximum Gasteiger partial charge on any atom is 0.219 e. The van der Waals surface area contributed by atoms with Gasteiger partial charge in [0.1, 0.15) is 5.75 Å². The summed E-state index contributed by atoms with van der Waals surface area (Å²) in [6.07, 6.45) is 13.0. The van der Waals surface area contributed by atoms with Gasteiger partial charge in [-0.15, -0.1) is 0 Å². The van der Waals surface area contributed by atoms with Crippen molar-refractivity contribution in [3.63, 3.8) is 0 Å². The molecule has 1 aliphatic carbocycles. The van der Waals surface area contributed by atoms with Gasteiger partial charge in [0.05, 0.1) is 16.5 Å². The average Bonchev–Trinajstić information content (AvgIpc) is 2.72. The molecule has 0 bridgehead atoms. The molecule has 4 nitrogen and oxygen atoms in total. The fourth-order valence-electron chi connectivity index (χ4n) is 3.93. The van der Waals surface area contributed by atoms with Crippen LogP contribution in [0.1, 0.15) is 36.9 Å². The highest BCUT2D eigenvalue weighted by atomic mass is 35.5. The Kier molecular flexibility index (Phi) is 5.91. The monoisotopic (exact) mass is 407 g/mol. The standard InChI is InChI=1S/C24H26ClN3O/c1-17-22(25)12-13-24(27-17)29-21-6-4-5-19(16-21)15-18-8-10-20(11-9-18)28-14-3-2-7-23(28)26/h2-7,12-13,15-16,20H,8-11,14,26H2,1H3. The molecule has 0 spiro atoms. The maximum absolute atomic E-state index is 6.16. The number of nitrogens with zero attached hydrogens (tertiary/aromatic N) is 2. The van der Waals surface area contributed by atoms with Gasteiger partial charge in [-0.25, -0.2) is 4.98 Å². The molecule has 5 heteroatoms. The molecule has 1 aromatic carbocycles. The van der Waals surface area contributed by atoms with Crippen LogP contribution in [-0.4, -0.2) is 22.5 Å². The van der Waals surface area contributed by atoms with Crippen LogP contribution in [0.15, 0.2) is 66.0 Å². The van der Waals surface area contributed by atoms with Crippen LogP contribution < -0.4 is 10.5 Å². The Morgan fingerprint density at radius 2 is 2.03 bits per heavy atom. The number of halogens is 1. The molecule has 150 valence electrons. The molecule has 1 aromatic heterocycles. The smallest absolute Gasteiger partial charge is 0.219 e. The molecule has 0 unspecified atom stereocenters. The third-order valence-electron chi connectivity index (χ3n) is 5.52. The van der Waals surface area contributed by atoms with Gasteiger partial charge in [-0.05, 0) is 62.4 Å². The predicted octanol–water partition coefficient (Wildman–Crippen LogP) is 5.83. The first kappa shape index (κ1) is 19.6. The van der Waals surface area contributed by atoms with Crippen molar-refractivity contribution in [3.8, 4) is 11.6 Å². The zero-order valence-corrected chi connectivity index (χ0v) is 17.4. The number of allylic oxidation sites excluding steroid dienone is 3. The summed E-state index contributed by atoms with van der Waals surface area (Å²) in [6.45, 7) is 2.79. The van der Waals surface area contributed by atoms with E-state index in [9.17, 15) is 0 Å². The van der Waals surface area contributed by atoms with Crippen LogP contribution in [0.4, 0.5) is 0 Å². The minimum absolute atomic E-state index is 0.530. The highest BCUT2D eigenvalue weighted by Gasteiger charge is 2.23. The SMILES string of the molecule is Cc1nc(Oc2cccc(C=C3CCC(N4CC=CC=C4N)CC3)c2)ccc1Cl. The van der Waals surface area contributed by atoms with E-state index < -0.39 is 0 Å². The van der Waals surface area contributed by atoms with Crippen LogP contribution in [0.3, 0.4) is 0 Å². The third kappa shape index (κ3) is 4.83. The van der Waals surface area contributed by atoms with Gasteiger partial charge in [0.2, 0.25) is 5.88 Å². The molecule has 0 amide bonds. The molecule has 1 aliphatic heterocycles. The van der Waals surface area contributed by atoms with Gasteiger partial charge in [-0.3, -0.25) is 0 Å². The van der Waals surface area contributed by atoms with E-state index in [0.29, 0.717) is 16.9 Å². The van der Waals surface area contributed by atoms with Crippen molar-refractivity contribution >= 4 is 17.7 Å². The molecule has 2 aromatic rings. The van der Waals surface area contributed by atoms with Crippen molar-refractivity contribution in [1.82, 2.24) is 9.88 Å². The number of hydrogen-bond acceptors (Lipinski definition) is 4. The van der Waals surface area contributed by atoms with Crippen LogP contribution in [0.25, 0.3) is 6.08 Å². The molecule has 0 saturated heterocycles. The van der Waals surface area contributed by atoms with Gasteiger partial charge in [0, 0.05) is 18.7 Å². The normalized spacial score (nSPS) is 19.1. The van der Waals surface area contributed by atoms with E-state index in [-0.39, 0.29) is 0 Å². The van der Waals surface area contributed by atoms with Crippen LogP contribution in [-0.2, 0) is 0 Å². The van der Waals surface area contributed by atoms with Gasteiger partial charge < -0.3 is 15.4 Å². The summed E-state index contributed by atoms with van der Waals surface area (Å²) in [5.41, 5.74) is 9.56. The van der Waals surface area contributed by atoms with Crippen LogP contribution in [0.2, 0.25) is 5.02 Å². The number of nitrogens with two attached hydrogens (primary N) is 1. The number of ether oxygens (including phenoxy) is 1. The molecule has 0 radical (unpaired) electrons. The maximum atomic E-state index is 6.16. The fraction of sp³-hybridized carbons (Fsp3) is 0.292. The van der Waals surface area contributed by atoms with Gasteiger partial charge in [-0.2, -0.15) is 0 Å². The van der Waals surface area contributed by atoms with E-state index in [1.54, 1.807) is 6.07 Å². The topological polar surface area (TPSA) is 51.4 Å². The Balaban J connectivity index is 1.40. The van der Waals surface area contributed by atoms with Crippen molar-refractivity contribution in [2.45, 2.75) is 38.6 Å². The van der Waals surface area contributed by atoms with Gasteiger partial charge >= 0.3 is 0 Å². The highest BCUT2D eigenvalue weighted by Crippen LogP contribution is 2.31. The summed E-state index contributed by atoms with van der Waals surface area (Å²) in [5, 5.41) is 0.643. The molecule has 1 saturated carbocycles. The summed E-state index contributed by atoms with van der Waals surface area (Å²) in [5.74, 6) is 2.22. The van der Waals surface area contributed by atoms with Crippen molar-refractivity contribution < 1.29 is 4.74 Å². The number of benzene rings is 1. The molecule has 0 atom stereocenters. The van der Waals surface area contributed by atoms with E-state index in [4.69, 9.17) is 22.1 Å². The number of aromatic nitrogens is 1. The Bertz CT molecular complexity index is 970. The van der Waals surface area contributed by atoms with Crippen molar-refractivity contribution in [3.05, 3.63) is 82.3 Å². The van der Waals surface area contributed by atoms with E-state index in [1.807, 2.05) is 37.3 Å². The van der Waals surface area contributed by atoms with Crippen molar-refractivity contribution in [2.24, 2.45) is 5.73 Å². The molecule has 29 heavy (non-hydrogen) atoms. The lowest BCUT2D eigenvalue weighted by Crippen LogP contribution is -2.40. The Morgan fingerprint density at radius 1 is 1.21 bits per heavy atom. The number of pyridine rings is 1. The second kappa shape index (κ2) is 8.75. The van der Waals surface area contributed by atoms with E-state index >= 15 is 0 Å². The molecule has 4 rings (SSSR count). The van der Waals surface area contributed by atoms with Gasteiger partial charge in [-0.1, -0.05) is 47.5 Å². The summed E-state index contributed by atoms with van der Waals surface area (Å²) < 4.78 is 5.92. The second-order valence-electron chi connectivity index (χ2n) is 7.60. The van der Waals surface area contributed by atoms with Crippen LogP contribution in [0, 0.1) is 6.92 Å². The number of rotatable bonds is 4. The first-order valence-electron chi connectivity index (χ1n) is 10.1. The lowest BCUT2D eigenvalue weighted by atomic mass is 9.88.